The Bertz CT molecular complexity index is 1030. The van der Waals surface area contributed by atoms with E-state index in [1.807, 2.05) is 20.8 Å². The largest absolute Gasteiger partial charge is 0.514 e. The summed E-state index contributed by atoms with van der Waals surface area (Å²) in [4.78, 5) is 49.4. The molecule has 0 fully saturated rings. The number of carbonyl (C=O) groups excluding carboxylic acids is 4. The van der Waals surface area contributed by atoms with Gasteiger partial charge in [0, 0.05) is 12.8 Å². The van der Waals surface area contributed by atoms with E-state index in [-0.39, 0.29) is 42.8 Å². The Hall–Kier alpha value is -3.34. The van der Waals surface area contributed by atoms with Crippen LogP contribution in [0.15, 0.2) is 18.2 Å². The highest BCUT2D eigenvalue weighted by Gasteiger charge is 2.36. The average molecular weight is 554 g/mol. The molecule has 2 N–H and O–H groups in total. The Balaban J connectivity index is 3.22. The third kappa shape index (κ3) is 13.3. The first-order chi connectivity index (χ1) is 17.6. The molecule has 0 saturated heterocycles. The summed E-state index contributed by atoms with van der Waals surface area (Å²) in [7, 11) is 1.20. The third-order valence-electron chi connectivity index (χ3n) is 4.77. The molecule has 1 atom stereocenters. The molecule has 0 bridgehead atoms. The predicted molar refractivity (Wildman–Crippen MR) is 142 cm³/mol. The summed E-state index contributed by atoms with van der Waals surface area (Å²) in [5.41, 5.74) is 3.36. The zero-order valence-corrected chi connectivity index (χ0v) is 24.7. The van der Waals surface area contributed by atoms with Crippen LogP contribution in [-0.4, -0.2) is 54.7 Å². The molecule has 11 nitrogen and oxygen atoms in total. The van der Waals surface area contributed by atoms with Crippen LogP contribution in [0.3, 0.4) is 0 Å². The van der Waals surface area contributed by atoms with Crippen molar-refractivity contribution in [2.24, 2.45) is 11.1 Å². The molecule has 220 valence electrons. The Morgan fingerprint density at radius 2 is 1.31 bits per heavy atom. The van der Waals surface area contributed by atoms with E-state index < -0.39 is 41.0 Å². The second-order valence-corrected chi connectivity index (χ2v) is 12.4. The number of rotatable bonds is 9. The number of hydrogen-bond acceptors (Lipinski definition) is 11. The molecule has 0 radical (unpaired) electrons. The van der Waals surface area contributed by atoms with Gasteiger partial charge in [-0.25, -0.2) is 9.59 Å². The smallest absolute Gasteiger partial charge is 0.468 e. The van der Waals surface area contributed by atoms with Gasteiger partial charge in [-0.15, -0.1) is 0 Å². The molecule has 1 aromatic carbocycles. The van der Waals surface area contributed by atoms with Crippen molar-refractivity contribution < 1.29 is 47.6 Å². The Morgan fingerprint density at radius 3 is 1.77 bits per heavy atom. The van der Waals surface area contributed by atoms with E-state index in [0.29, 0.717) is 5.56 Å². The van der Waals surface area contributed by atoms with Gasteiger partial charge in [0.2, 0.25) is 0 Å². The lowest BCUT2D eigenvalue weighted by Crippen LogP contribution is -2.51. The van der Waals surface area contributed by atoms with Gasteiger partial charge in [-0.3, -0.25) is 9.59 Å². The number of methoxy groups -OCH3 is 1. The molecule has 0 saturated carbocycles. The fourth-order valence-electron chi connectivity index (χ4n) is 3.21. The minimum Gasteiger partial charge on any atom is -0.468 e. The molecule has 1 rings (SSSR count). The van der Waals surface area contributed by atoms with Crippen LogP contribution < -0.4 is 15.2 Å². The average Bonchev–Trinajstić information content (AvgIpc) is 2.70. The van der Waals surface area contributed by atoms with Gasteiger partial charge in [0.15, 0.2) is 11.5 Å². The lowest BCUT2D eigenvalue weighted by molar-refractivity contribution is -0.152. The number of nitrogens with two attached hydrogens (primary N) is 1. The fraction of sp³-hybridized carbons (Fsp3) is 0.643. The van der Waals surface area contributed by atoms with Crippen molar-refractivity contribution in [3.8, 4) is 11.5 Å². The summed E-state index contributed by atoms with van der Waals surface area (Å²) in [6.45, 7) is 15.6. The highest BCUT2D eigenvalue weighted by molar-refractivity contribution is 5.81. The van der Waals surface area contributed by atoms with Crippen LogP contribution in [0.1, 0.15) is 80.7 Å². The predicted octanol–water partition coefficient (Wildman–Crippen LogP) is 5.10. The van der Waals surface area contributed by atoms with Gasteiger partial charge >= 0.3 is 24.2 Å². The van der Waals surface area contributed by atoms with Crippen LogP contribution in [0.2, 0.25) is 0 Å². The summed E-state index contributed by atoms with van der Waals surface area (Å²) in [6.07, 6.45) is -1.95. The van der Waals surface area contributed by atoms with Crippen molar-refractivity contribution in [2.45, 2.75) is 98.3 Å². The minimum atomic E-state index is -1.58. The van der Waals surface area contributed by atoms with E-state index in [9.17, 15) is 19.2 Å². The van der Waals surface area contributed by atoms with E-state index >= 15 is 0 Å². The van der Waals surface area contributed by atoms with Crippen LogP contribution in [0.5, 0.6) is 11.5 Å². The SMILES string of the molecule is COC(=O)[C@@](N)(CCOC(=O)CC(C)(C)C)Cc1ccc(OC(=O)OC(C)(C)C)c(OC(=O)OC(C)(C)C)c1. The Kier molecular flexibility index (Phi) is 11.4. The molecular weight excluding hydrogens is 510 g/mol. The van der Waals surface area contributed by atoms with Gasteiger partial charge in [-0.2, -0.15) is 0 Å². The molecule has 0 aliphatic rings. The second kappa shape index (κ2) is 13.1. The van der Waals surface area contributed by atoms with Crippen molar-refractivity contribution in [3.63, 3.8) is 0 Å². The molecule has 0 spiro atoms. The molecule has 1 aromatic rings. The molecule has 0 unspecified atom stereocenters. The fourth-order valence-corrected chi connectivity index (χ4v) is 3.21. The maximum absolute atomic E-state index is 12.6. The standard InChI is InChI=1S/C28H43NO10/c1-25(2,3)17-21(30)35-14-13-28(29,22(31)34-10)16-18-11-12-19(36-23(32)38-26(4,5)6)20(15-18)37-24(33)39-27(7,8)9/h11-12,15H,13-14,16-17,29H2,1-10H3/t28-/m1/s1. The maximum atomic E-state index is 12.6. The van der Waals surface area contributed by atoms with Gasteiger partial charge in [0.1, 0.15) is 16.7 Å². The molecule has 0 amide bonds. The van der Waals surface area contributed by atoms with Gasteiger partial charge in [0.25, 0.3) is 0 Å². The number of ether oxygens (including phenoxy) is 6. The summed E-state index contributed by atoms with van der Waals surface area (Å²) in [5, 5.41) is 0. The molecule has 0 aliphatic carbocycles. The highest BCUT2D eigenvalue weighted by atomic mass is 16.8. The molecule has 11 heteroatoms. The Labute approximate surface area is 230 Å². The van der Waals surface area contributed by atoms with Gasteiger partial charge < -0.3 is 34.2 Å². The molecule has 0 aliphatic heterocycles. The first-order valence-corrected chi connectivity index (χ1v) is 12.6. The van der Waals surface area contributed by atoms with E-state index in [1.54, 1.807) is 41.5 Å². The van der Waals surface area contributed by atoms with Crippen LogP contribution in [-0.2, 0) is 35.0 Å². The third-order valence-corrected chi connectivity index (χ3v) is 4.77. The number of benzene rings is 1. The van der Waals surface area contributed by atoms with Crippen LogP contribution in [0, 0.1) is 5.41 Å². The first-order valence-electron chi connectivity index (χ1n) is 12.6. The molecule has 0 aromatic heterocycles. The summed E-state index contributed by atoms with van der Waals surface area (Å²) < 4.78 is 31.2. The van der Waals surface area contributed by atoms with Crippen molar-refractivity contribution in [3.05, 3.63) is 23.8 Å². The number of hydrogen-bond donors (Lipinski definition) is 1. The van der Waals surface area contributed by atoms with Crippen LogP contribution >= 0.6 is 0 Å². The summed E-state index contributed by atoms with van der Waals surface area (Å²) in [5.74, 6) is -1.41. The number of carbonyl (C=O) groups is 4. The van der Waals surface area contributed by atoms with E-state index in [0.717, 1.165) is 0 Å². The van der Waals surface area contributed by atoms with Crippen LogP contribution in [0.4, 0.5) is 9.59 Å². The zero-order chi connectivity index (χ0) is 30.2. The summed E-state index contributed by atoms with van der Waals surface area (Å²) >= 11 is 0. The van der Waals surface area contributed by atoms with Crippen molar-refractivity contribution >= 4 is 24.2 Å². The Morgan fingerprint density at radius 1 is 0.795 bits per heavy atom. The van der Waals surface area contributed by atoms with Crippen molar-refractivity contribution in [2.75, 3.05) is 13.7 Å². The topological polar surface area (TPSA) is 150 Å². The van der Waals surface area contributed by atoms with E-state index in [2.05, 4.69) is 0 Å². The minimum absolute atomic E-state index is 0.0338. The lowest BCUT2D eigenvalue weighted by Gasteiger charge is -2.27. The van der Waals surface area contributed by atoms with E-state index in [1.165, 1.54) is 25.3 Å². The van der Waals surface area contributed by atoms with Gasteiger partial charge in [-0.05, 0) is 64.7 Å². The van der Waals surface area contributed by atoms with Crippen molar-refractivity contribution in [1.29, 1.82) is 0 Å². The van der Waals surface area contributed by atoms with E-state index in [4.69, 9.17) is 34.2 Å². The lowest BCUT2D eigenvalue weighted by atomic mass is 9.88. The maximum Gasteiger partial charge on any atom is 0.514 e. The monoisotopic (exact) mass is 553 g/mol. The zero-order valence-electron chi connectivity index (χ0n) is 24.7. The van der Waals surface area contributed by atoms with Crippen LogP contribution in [0.25, 0.3) is 0 Å². The highest BCUT2D eigenvalue weighted by Crippen LogP contribution is 2.32. The molecular formula is C28H43NO10. The van der Waals surface area contributed by atoms with Gasteiger partial charge in [-0.1, -0.05) is 26.8 Å². The normalized spacial score (nSPS) is 13.5. The quantitative estimate of drug-likeness (QED) is 0.247. The number of esters is 2. The molecule has 39 heavy (non-hydrogen) atoms. The summed E-state index contributed by atoms with van der Waals surface area (Å²) in [6, 6.07) is 4.30. The first kappa shape index (κ1) is 33.7. The van der Waals surface area contributed by atoms with Gasteiger partial charge in [0.05, 0.1) is 20.1 Å². The van der Waals surface area contributed by atoms with Crippen molar-refractivity contribution in [1.82, 2.24) is 0 Å². The second-order valence-electron chi connectivity index (χ2n) is 12.4. The molecule has 0 heterocycles.